The molecule has 0 fully saturated rings. The summed E-state index contributed by atoms with van der Waals surface area (Å²) in [6, 6.07) is 1.06. The maximum atomic E-state index is 5.24. The molecule has 9 unspecified atom stereocenters. The van der Waals surface area contributed by atoms with Gasteiger partial charge in [0, 0.05) is 87.9 Å². The maximum absolute atomic E-state index is 5.24. The highest BCUT2D eigenvalue weighted by atomic mass is 32.2. The average molecular weight is 1320 g/mol. The lowest BCUT2D eigenvalue weighted by Gasteiger charge is -2.17. The van der Waals surface area contributed by atoms with E-state index in [2.05, 4.69) is 122 Å². The smallest absolute Gasteiger partial charge is 0.180 e. The van der Waals surface area contributed by atoms with E-state index in [9.17, 15) is 0 Å². The lowest BCUT2D eigenvalue weighted by Crippen LogP contribution is -2.18. The van der Waals surface area contributed by atoms with Crippen LogP contribution < -0.4 is 0 Å². The Morgan fingerprint density at radius 2 is 0.978 bits per heavy atom. The molecule has 18 heteroatoms. The van der Waals surface area contributed by atoms with Crippen LogP contribution in [0.1, 0.15) is 294 Å². The first-order chi connectivity index (χ1) is 42.6. The summed E-state index contributed by atoms with van der Waals surface area (Å²) < 4.78 is 15.5. The maximum Gasteiger partial charge on any atom is 0.180 e. The Morgan fingerprint density at radius 3 is 1.26 bits per heavy atom. The zero-order valence-corrected chi connectivity index (χ0v) is 67.9. The van der Waals surface area contributed by atoms with Crippen molar-refractivity contribution in [3.05, 3.63) is 0 Å². The minimum atomic E-state index is 0.332. The molecule has 9 aliphatic heterocycles. The molecule has 0 bridgehead atoms. The predicted octanol–water partition coefficient (Wildman–Crippen LogP) is 22.4. The Kier molecular flexibility index (Phi) is 95.2. The molecule has 534 valence electrons. The molecule has 0 aromatic rings. The molecule has 0 aromatic carbocycles. The molecule has 9 rings (SSSR count). The molecule has 0 aliphatic carbocycles. The summed E-state index contributed by atoms with van der Waals surface area (Å²) >= 11 is 5.62. The van der Waals surface area contributed by atoms with Crippen LogP contribution >= 0.6 is 35.3 Å². The highest BCUT2D eigenvalue weighted by molar-refractivity contribution is 8.14. The van der Waals surface area contributed by atoms with Crippen LogP contribution in [-0.4, -0.2) is 144 Å². The topological polar surface area (TPSA) is 167 Å². The zero-order valence-electron chi connectivity index (χ0n) is 65.4. The van der Waals surface area contributed by atoms with Crippen LogP contribution in [0.3, 0.4) is 0 Å². The lowest BCUT2D eigenvalue weighted by molar-refractivity contribution is 0.0568. The fraction of sp³-hybridized carbons (Fsp3) is 0.873. The Morgan fingerprint density at radius 1 is 0.416 bits per heavy atom. The van der Waals surface area contributed by atoms with Gasteiger partial charge in [0.25, 0.3) is 0 Å². The van der Waals surface area contributed by atoms with Crippen molar-refractivity contribution in [3.63, 3.8) is 0 Å². The number of hydrogen-bond donors (Lipinski definition) is 0. The van der Waals surface area contributed by atoms with Crippen molar-refractivity contribution in [3.8, 4) is 0 Å². The Hall–Kier alpha value is -3.12. The summed E-state index contributed by atoms with van der Waals surface area (Å²) in [5.41, 5.74) is 3.35. The van der Waals surface area contributed by atoms with Gasteiger partial charge >= 0.3 is 0 Å². The van der Waals surface area contributed by atoms with Gasteiger partial charge in [-0.15, -0.1) is 35.3 Å². The summed E-state index contributed by atoms with van der Waals surface area (Å²) in [6.45, 7) is 80.4. The number of nitrogens with zero attached hydrogens (tertiary/aromatic N) is 9. The van der Waals surface area contributed by atoms with Crippen LogP contribution in [0.2, 0.25) is 0 Å². The van der Waals surface area contributed by atoms with E-state index < -0.39 is 0 Å². The first kappa shape index (κ1) is 105. The van der Waals surface area contributed by atoms with Crippen molar-refractivity contribution in [1.29, 1.82) is 0 Å². The SMILES string of the molecule is CC.CC.CC.CC.CC.CC.CC.CC.CC.CC1=NC(C)CCO1.CC1=NC(C)CCS1.CC1=NCC(C)CO1.CC1=NCC(C)CS1.CC1=NCC(C)S1.CC1=NCCC(C)O1.CC1=NOC(C)CC1.CC1=NOCC(C)C1.CC1=NOCCC1C. The molecule has 0 aromatic heterocycles. The third kappa shape index (κ3) is 77.2. The molecule has 0 spiro atoms. The van der Waals surface area contributed by atoms with E-state index in [1.165, 1.54) is 33.1 Å². The van der Waals surface area contributed by atoms with Crippen molar-refractivity contribution in [2.75, 3.05) is 64.1 Å². The first-order valence-corrected chi connectivity index (χ1v) is 37.9. The average Bonchev–Trinajstić information content (AvgIpc) is 3.99. The van der Waals surface area contributed by atoms with Gasteiger partial charge in [-0.25, -0.2) is 0 Å². The fourth-order valence-corrected chi connectivity index (χ4v) is 9.21. The van der Waals surface area contributed by atoms with Gasteiger partial charge in [-0.2, -0.15) is 0 Å². The van der Waals surface area contributed by atoms with Crippen LogP contribution in [0.15, 0.2) is 45.4 Å². The summed E-state index contributed by atoms with van der Waals surface area (Å²) in [5, 5.41) is 15.9. The van der Waals surface area contributed by atoms with Crippen molar-refractivity contribution >= 4 is 85.2 Å². The van der Waals surface area contributed by atoms with Crippen molar-refractivity contribution in [1.82, 2.24) is 0 Å². The van der Waals surface area contributed by atoms with Gasteiger partial charge in [-0.1, -0.05) is 175 Å². The van der Waals surface area contributed by atoms with Crippen molar-refractivity contribution in [2.24, 2.45) is 69.1 Å². The monoisotopic (exact) mass is 1320 g/mol. The summed E-state index contributed by atoms with van der Waals surface area (Å²) in [5.74, 6) is 7.72. The highest BCUT2D eigenvalue weighted by Gasteiger charge is 2.13. The molecule has 9 aliphatic rings. The van der Waals surface area contributed by atoms with Gasteiger partial charge in [0.15, 0.2) is 17.7 Å². The number of rotatable bonds is 0. The number of oxime groups is 3. The van der Waals surface area contributed by atoms with E-state index in [1.54, 1.807) is 0 Å². The standard InChI is InChI=1S/6C6H11NO.2C6H11NS.C5H9NS.9C2H6/c1-5-3-7-6(2)8-4-5;1-5-3-6(2)7-8-4-5;1-5-3-4-8-6(2)7-5;1-5-3-4-7-6(2)8-5;1-5-3-4-8-7-6(5)2;1-5-3-4-6(2)8-7-5;1-5-3-7-6(2)8-4-5;1-5-3-4-8-6(2)7-5;1-4-3-6-5(2)7-4;9*1-2/h5*5H,3-4H2,1-2H3;6H,3-4H2,1-2H3;2*5H,3-4H2,1-2H3;4H,3H2,1-2H3;9*1-2H3. The van der Waals surface area contributed by atoms with Crippen LogP contribution in [0.5, 0.6) is 0 Å². The van der Waals surface area contributed by atoms with E-state index in [4.69, 9.17) is 28.7 Å². The van der Waals surface area contributed by atoms with Crippen LogP contribution in [0.4, 0.5) is 0 Å². The molecule has 0 N–H and O–H groups in total. The highest BCUT2D eigenvalue weighted by Crippen LogP contribution is 2.19. The molecule has 9 atom stereocenters. The number of hydrogen-bond acceptors (Lipinski definition) is 18. The minimum absolute atomic E-state index is 0.332. The molecule has 0 amide bonds. The molecule has 9 heterocycles. The normalized spacial score (nSPS) is 23.9. The molecular weight excluding hydrogens is 1170 g/mol. The Balaban J connectivity index is -0.000000112. The zero-order chi connectivity index (χ0) is 71.1. The third-order valence-corrected chi connectivity index (χ3v) is 14.4. The molecule has 15 nitrogen and oxygen atoms in total. The second kappa shape index (κ2) is 81.0. The fourth-order valence-electron chi connectivity index (χ4n) is 6.53. The van der Waals surface area contributed by atoms with Gasteiger partial charge in [-0.3, -0.25) is 30.0 Å². The molecule has 0 saturated carbocycles. The number of thioether (sulfide) groups is 3. The van der Waals surface area contributed by atoms with Gasteiger partial charge in [0.05, 0.1) is 64.2 Å². The third-order valence-electron chi connectivity index (χ3n) is 11.2. The van der Waals surface area contributed by atoms with E-state index in [0.29, 0.717) is 42.0 Å². The van der Waals surface area contributed by atoms with Crippen molar-refractivity contribution < 1.29 is 28.7 Å². The second-order valence-corrected chi connectivity index (χ2v) is 23.8. The molecular formula is C71H151N9O6S3. The van der Waals surface area contributed by atoms with Gasteiger partial charge in [-0.05, 0) is 113 Å². The van der Waals surface area contributed by atoms with E-state index >= 15 is 0 Å². The van der Waals surface area contributed by atoms with Gasteiger partial charge in [0.1, 0.15) is 19.3 Å². The minimum Gasteiger partial charge on any atom is -0.481 e. The first-order valence-electron chi connectivity index (χ1n) is 35.1. The molecule has 0 saturated heterocycles. The van der Waals surface area contributed by atoms with Crippen LogP contribution in [0.25, 0.3) is 0 Å². The summed E-state index contributed by atoms with van der Waals surface area (Å²) in [4.78, 5) is 39.9. The van der Waals surface area contributed by atoms with E-state index in [-0.39, 0.29) is 0 Å². The number of aliphatic imine (C=N–C) groups is 6. The lowest BCUT2D eigenvalue weighted by atomic mass is 10.0. The largest absolute Gasteiger partial charge is 0.481 e. The summed E-state index contributed by atoms with van der Waals surface area (Å²) in [6.07, 6.45) is 8.54. The Bertz CT molecular complexity index is 1660. The molecule has 0 radical (unpaired) electrons. The van der Waals surface area contributed by atoms with E-state index in [0.717, 1.165) is 137 Å². The summed E-state index contributed by atoms with van der Waals surface area (Å²) in [7, 11) is 0. The van der Waals surface area contributed by atoms with Gasteiger partial charge < -0.3 is 28.7 Å². The second-order valence-electron chi connectivity index (χ2n) is 19.7. The van der Waals surface area contributed by atoms with Gasteiger partial charge in [0.2, 0.25) is 0 Å². The van der Waals surface area contributed by atoms with Crippen LogP contribution in [-0.2, 0) is 28.7 Å². The van der Waals surface area contributed by atoms with E-state index in [1.807, 2.05) is 208 Å². The Labute approximate surface area is 567 Å². The van der Waals surface area contributed by atoms with Crippen LogP contribution in [0, 0.1) is 23.7 Å². The molecule has 89 heavy (non-hydrogen) atoms. The predicted molar refractivity (Wildman–Crippen MR) is 414 cm³/mol. The van der Waals surface area contributed by atoms with Crippen molar-refractivity contribution in [2.45, 2.75) is 324 Å². The number of ether oxygens (including phenoxy) is 3. The quantitative estimate of drug-likeness (QED) is 0.229.